The summed E-state index contributed by atoms with van der Waals surface area (Å²) in [6, 6.07) is 9.32. The molecule has 0 radical (unpaired) electrons. The highest BCUT2D eigenvalue weighted by Crippen LogP contribution is 2.29. The summed E-state index contributed by atoms with van der Waals surface area (Å²) in [5, 5.41) is 0.506. The van der Waals surface area contributed by atoms with E-state index >= 15 is 0 Å². The van der Waals surface area contributed by atoms with E-state index in [1.165, 1.54) is 16.5 Å². The minimum absolute atomic E-state index is 0.0775. The zero-order valence-electron chi connectivity index (χ0n) is 16.6. The first kappa shape index (κ1) is 18.0. The second-order valence-corrected chi connectivity index (χ2v) is 8.03. The lowest BCUT2D eigenvalue weighted by Gasteiger charge is -2.31. The molecule has 1 atom stereocenters. The summed E-state index contributed by atoms with van der Waals surface area (Å²) in [7, 11) is 0. The fourth-order valence-corrected chi connectivity index (χ4v) is 4.57. The third kappa shape index (κ3) is 3.03. The minimum Gasteiger partial charge on any atom is -0.310 e. The largest absolute Gasteiger partial charge is 0.310 e. The van der Waals surface area contributed by atoms with Crippen molar-refractivity contribution in [3.8, 4) is 0 Å². The van der Waals surface area contributed by atoms with Gasteiger partial charge in [-0.3, -0.25) is 14.2 Å². The smallest absolute Gasteiger partial charge is 0.263 e. The van der Waals surface area contributed by atoms with Gasteiger partial charge in [0.2, 0.25) is 5.91 Å². The van der Waals surface area contributed by atoms with Gasteiger partial charge in [-0.1, -0.05) is 18.2 Å². The molecule has 1 aliphatic carbocycles. The van der Waals surface area contributed by atoms with Crippen LogP contribution < -0.4 is 10.5 Å². The predicted molar refractivity (Wildman–Crippen MR) is 112 cm³/mol. The normalized spacial score (nSPS) is 16.9. The van der Waals surface area contributed by atoms with E-state index in [0.717, 1.165) is 55.5 Å². The number of amides is 1. The van der Waals surface area contributed by atoms with Crippen LogP contribution >= 0.6 is 0 Å². The summed E-state index contributed by atoms with van der Waals surface area (Å²) in [6.07, 6.45) is 7.53. The van der Waals surface area contributed by atoms with E-state index in [4.69, 9.17) is 0 Å². The van der Waals surface area contributed by atoms with Crippen molar-refractivity contribution in [2.24, 2.45) is 0 Å². The van der Waals surface area contributed by atoms with Crippen LogP contribution in [-0.4, -0.2) is 27.0 Å². The number of nitrogens with zero attached hydrogens (tertiary/aromatic N) is 4. The van der Waals surface area contributed by atoms with Crippen LogP contribution in [-0.2, 0) is 24.1 Å². The van der Waals surface area contributed by atoms with Gasteiger partial charge in [0.25, 0.3) is 5.56 Å². The van der Waals surface area contributed by atoms with Gasteiger partial charge in [0, 0.05) is 17.9 Å². The number of carbonyl (C=O) groups is 1. The highest BCUT2D eigenvalue weighted by molar-refractivity contribution is 5.97. The number of aromatic nitrogens is 3. The molecule has 1 amide bonds. The van der Waals surface area contributed by atoms with Crippen molar-refractivity contribution in [1.82, 2.24) is 14.5 Å². The molecule has 5 rings (SSSR count). The van der Waals surface area contributed by atoms with Crippen molar-refractivity contribution < 1.29 is 4.79 Å². The zero-order valence-corrected chi connectivity index (χ0v) is 16.6. The molecule has 0 spiro atoms. The number of para-hydroxylation sites is 1. The molecule has 148 valence electrons. The van der Waals surface area contributed by atoms with E-state index in [-0.39, 0.29) is 11.5 Å². The second kappa shape index (κ2) is 7.10. The Morgan fingerprint density at radius 3 is 2.76 bits per heavy atom. The summed E-state index contributed by atoms with van der Waals surface area (Å²) < 4.78 is 1.46. The molecule has 2 aromatic heterocycles. The summed E-state index contributed by atoms with van der Waals surface area (Å²) in [5.41, 5.74) is 4.62. The molecule has 1 aliphatic heterocycles. The Kier molecular flexibility index (Phi) is 4.42. The maximum Gasteiger partial charge on any atom is 0.263 e. The second-order valence-electron chi connectivity index (χ2n) is 8.03. The van der Waals surface area contributed by atoms with Crippen LogP contribution in [0.3, 0.4) is 0 Å². The lowest BCUT2D eigenvalue weighted by molar-refractivity contribution is -0.121. The number of pyridine rings is 1. The van der Waals surface area contributed by atoms with Crippen molar-refractivity contribution in [2.45, 2.75) is 51.5 Å². The van der Waals surface area contributed by atoms with E-state index in [1.807, 2.05) is 29.2 Å². The van der Waals surface area contributed by atoms with Crippen LogP contribution in [0.4, 0.5) is 5.69 Å². The first-order chi connectivity index (χ1) is 14.1. The van der Waals surface area contributed by atoms with Gasteiger partial charge in [0.05, 0.1) is 5.39 Å². The molecule has 0 saturated heterocycles. The number of aryl methyl sites for hydroxylation is 3. The molecule has 29 heavy (non-hydrogen) atoms. The summed E-state index contributed by atoms with van der Waals surface area (Å²) in [5.74, 6) is -0.0775. The maximum absolute atomic E-state index is 13.3. The molecule has 1 aromatic carbocycles. The van der Waals surface area contributed by atoms with Crippen molar-refractivity contribution >= 4 is 22.6 Å². The van der Waals surface area contributed by atoms with E-state index in [1.54, 1.807) is 6.92 Å². The van der Waals surface area contributed by atoms with Crippen molar-refractivity contribution in [3.63, 3.8) is 0 Å². The van der Waals surface area contributed by atoms with Crippen LogP contribution in [0, 0.1) is 0 Å². The first-order valence-corrected chi connectivity index (χ1v) is 10.4. The minimum atomic E-state index is -0.624. The number of carbonyl (C=O) groups excluding carboxylic acids is 1. The number of rotatable bonds is 2. The first-order valence-electron chi connectivity index (χ1n) is 10.4. The van der Waals surface area contributed by atoms with Crippen LogP contribution in [0.2, 0.25) is 0 Å². The van der Waals surface area contributed by atoms with Crippen LogP contribution in [0.5, 0.6) is 0 Å². The highest BCUT2D eigenvalue weighted by atomic mass is 16.2. The van der Waals surface area contributed by atoms with E-state index in [0.29, 0.717) is 17.6 Å². The zero-order chi connectivity index (χ0) is 20.0. The third-order valence-corrected chi connectivity index (χ3v) is 6.20. The average molecular weight is 388 g/mol. The van der Waals surface area contributed by atoms with E-state index < -0.39 is 6.04 Å². The van der Waals surface area contributed by atoms with Gasteiger partial charge in [-0.2, -0.15) is 0 Å². The summed E-state index contributed by atoms with van der Waals surface area (Å²) >= 11 is 0. The Hall–Kier alpha value is -3.02. The molecule has 0 saturated carbocycles. The van der Waals surface area contributed by atoms with Crippen LogP contribution in [0.25, 0.3) is 11.0 Å². The SMILES string of the molecule is C[C@@H](C(=O)N1CCCc2ccccc21)n1cnc2nc3c(cc2c1=O)CCCC3. The Bertz CT molecular complexity index is 1170. The highest BCUT2D eigenvalue weighted by Gasteiger charge is 2.28. The molecule has 0 fully saturated rings. The predicted octanol–water partition coefficient (Wildman–Crippen LogP) is 3.21. The number of fused-ring (bicyclic) bond motifs is 3. The summed E-state index contributed by atoms with van der Waals surface area (Å²) in [4.78, 5) is 37.4. The fraction of sp³-hybridized carbons (Fsp3) is 0.391. The van der Waals surface area contributed by atoms with E-state index in [9.17, 15) is 9.59 Å². The third-order valence-electron chi connectivity index (χ3n) is 6.20. The molecule has 3 heterocycles. The average Bonchev–Trinajstić information content (AvgIpc) is 2.77. The molecule has 0 N–H and O–H groups in total. The molecular weight excluding hydrogens is 364 g/mol. The Balaban J connectivity index is 1.53. The Morgan fingerprint density at radius 1 is 1.07 bits per heavy atom. The number of anilines is 1. The fourth-order valence-electron chi connectivity index (χ4n) is 4.57. The van der Waals surface area contributed by atoms with Gasteiger partial charge in [-0.15, -0.1) is 0 Å². The van der Waals surface area contributed by atoms with E-state index in [2.05, 4.69) is 16.0 Å². The summed E-state index contributed by atoms with van der Waals surface area (Å²) in [6.45, 7) is 2.45. The molecule has 3 aromatic rings. The molecule has 6 heteroatoms. The lowest BCUT2D eigenvalue weighted by Crippen LogP contribution is -2.42. The number of benzene rings is 1. The lowest BCUT2D eigenvalue weighted by atomic mass is 9.95. The van der Waals surface area contributed by atoms with Crippen LogP contribution in [0.1, 0.15) is 49.0 Å². The van der Waals surface area contributed by atoms with Crippen LogP contribution in [0.15, 0.2) is 41.5 Å². The topological polar surface area (TPSA) is 68.1 Å². The molecule has 2 aliphatic rings. The Labute approximate surface area is 169 Å². The molecular formula is C23H24N4O2. The Morgan fingerprint density at radius 2 is 1.86 bits per heavy atom. The quantitative estimate of drug-likeness (QED) is 0.676. The maximum atomic E-state index is 13.3. The van der Waals surface area contributed by atoms with Crippen molar-refractivity contribution in [3.05, 3.63) is 63.8 Å². The van der Waals surface area contributed by atoms with Crippen molar-refractivity contribution in [2.75, 3.05) is 11.4 Å². The monoisotopic (exact) mass is 388 g/mol. The standard InChI is InChI=1S/C23H24N4O2/c1-15(22(28)26-12-6-9-16-7-3-5-11-20(16)26)27-14-24-21-18(23(27)29)13-17-8-2-4-10-19(17)25-21/h3,5,7,11,13-15H,2,4,6,8-10,12H2,1H3/t15-/m0/s1. The van der Waals surface area contributed by atoms with Gasteiger partial charge in [0.15, 0.2) is 5.65 Å². The van der Waals surface area contributed by atoms with Gasteiger partial charge in [-0.05, 0) is 68.7 Å². The molecule has 0 bridgehead atoms. The van der Waals surface area contributed by atoms with Gasteiger partial charge in [-0.25, -0.2) is 9.97 Å². The molecule has 6 nitrogen and oxygen atoms in total. The van der Waals surface area contributed by atoms with Gasteiger partial charge >= 0.3 is 0 Å². The van der Waals surface area contributed by atoms with Gasteiger partial charge in [0.1, 0.15) is 12.4 Å². The number of hydrogen-bond donors (Lipinski definition) is 0. The van der Waals surface area contributed by atoms with Crippen molar-refractivity contribution in [1.29, 1.82) is 0 Å². The number of hydrogen-bond acceptors (Lipinski definition) is 4. The molecule has 0 unspecified atom stereocenters. The van der Waals surface area contributed by atoms with Gasteiger partial charge < -0.3 is 4.90 Å².